The van der Waals surface area contributed by atoms with E-state index in [4.69, 9.17) is 5.11 Å². The van der Waals surface area contributed by atoms with Crippen LogP contribution < -0.4 is 0 Å². The van der Waals surface area contributed by atoms with Crippen LogP contribution in [0.25, 0.3) is 0 Å². The van der Waals surface area contributed by atoms with Crippen LogP contribution in [0.4, 0.5) is 0 Å². The van der Waals surface area contributed by atoms with Crippen molar-refractivity contribution in [2.45, 2.75) is 17.9 Å². The molecule has 1 aliphatic heterocycles. The lowest BCUT2D eigenvalue weighted by atomic mass is 10.2. The third kappa shape index (κ3) is 2.97. The number of carbonyl (C=O) groups is 1. The number of aromatic nitrogens is 1. The molecule has 2 rings (SSSR count). The fourth-order valence-electron chi connectivity index (χ4n) is 2.14. The minimum atomic E-state index is -3.53. The van der Waals surface area contributed by atoms with Gasteiger partial charge in [0.15, 0.2) is 0 Å². The standard InChI is InChI=1S/C12H17N3O4S/c1-10(12(16)17)14-5-7-15(8-6-14)20(18,19)11-3-2-4-13-9-11/h2-4,9-10H,5-8H2,1H3,(H,16,17). The van der Waals surface area contributed by atoms with Gasteiger partial charge in [0, 0.05) is 38.6 Å². The van der Waals surface area contributed by atoms with Gasteiger partial charge in [-0.1, -0.05) is 0 Å². The van der Waals surface area contributed by atoms with Crippen LogP contribution in [0, 0.1) is 0 Å². The highest BCUT2D eigenvalue weighted by atomic mass is 32.2. The molecule has 1 aliphatic rings. The third-order valence-corrected chi connectivity index (χ3v) is 5.33. The second kappa shape index (κ2) is 5.86. The van der Waals surface area contributed by atoms with E-state index in [0.717, 1.165) is 0 Å². The highest BCUT2D eigenvalue weighted by molar-refractivity contribution is 7.89. The van der Waals surface area contributed by atoms with Gasteiger partial charge in [0.25, 0.3) is 0 Å². The number of pyridine rings is 1. The van der Waals surface area contributed by atoms with Crippen molar-refractivity contribution in [3.63, 3.8) is 0 Å². The minimum Gasteiger partial charge on any atom is -0.480 e. The van der Waals surface area contributed by atoms with E-state index in [1.54, 1.807) is 17.9 Å². The number of carboxylic acid groups (broad SMARTS) is 1. The molecule has 7 nitrogen and oxygen atoms in total. The minimum absolute atomic E-state index is 0.166. The van der Waals surface area contributed by atoms with Crippen LogP contribution in [0.2, 0.25) is 0 Å². The first kappa shape index (κ1) is 14.9. The Morgan fingerprint density at radius 3 is 2.50 bits per heavy atom. The van der Waals surface area contributed by atoms with Gasteiger partial charge in [-0.3, -0.25) is 14.7 Å². The molecule has 2 heterocycles. The van der Waals surface area contributed by atoms with Crippen LogP contribution in [-0.4, -0.2) is 65.9 Å². The van der Waals surface area contributed by atoms with Gasteiger partial charge in [-0.2, -0.15) is 4.31 Å². The zero-order valence-electron chi connectivity index (χ0n) is 11.1. The van der Waals surface area contributed by atoms with E-state index in [0.29, 0.717) is 13.1 Å². The molecule has 8 heteroatoms. The summed E-state index contributed by atoms with van der Waals surface area (Å²) in [4.78, 5) is 16.7. The van der Waals surface area contributed by atoms with Crippen LogP contribution in [-0.2, 0) is 14.8 Å². The summed E-state index contributed by atoms with van der Waals surface area (Å²) in [5.74, 6) is -0.895. The van der Waals surface area contributed by atoms with Gasteiger partial charge in [0.1, 0.15) is 10.9 Å². The average Bonchev–Trinajstić information content (AvgIpc) is 2.47. The SMILES string of the molecule is CC(C(=O)O)N1CCN(S(=O)(=O)c2cccnc2)CC1. The van der Waals surface area contributed by atoms with E-state index in [2.05, 4.69) is 4.98 Å². The molecule has 1 aromatic rings. The summed E-state index contributed by atoms with van der Waals surface area (Å²) >= 11 is 0. The Balaban J connectivity index is 2.06. The zero-order valence-corrected chi connectivity index (χ0v) is 12.0. The molecule has 1 N–H and O–H groups in total. The Morgan fingerprint density at radius 2 is 2.00 bits per heavy atom. The summed E-state index contributed by atoms with van der Waals surface area (Å²) in [5.41, 5.74) is 0. The van der Waals surface area contributed by atoms with Gasteiger partial charge >= 0.3 is 5.97 Å². The summed E-state index contributed by atoms with van der Waals surface area (Å²) in [6.07, 6.45) is 2.84. The highest BCUT2D eigenvalue weighted by Gasteiger charge is 2.31. The van der Waals surface area contributed by atoms with Crippen LogP contribution in [0.3, 0.4) is 0 Å². The molecular weight excluding hydrogens is 282 g/mol. The summed E-state index contributed by atoms with van der Waals surface area (Å²) in [7, 11) is -3.53. The van der Waals surface area contributed by atoms with Crippen molar-refractivity contribution in [3.8, 4) is 0 Å². The predicted molar refractivity (Wildman–Crippen MR) is 71.7 cm³/mol. The first-order chi connectivity index (χ1) is 9.43. The van der Waals surface area contributed by atoms with E-state index in [-0.39, 0.29) is 18.0 Å². The summed E-state index contributed by atoms with van der Waals surface area (Å²) in [5, 5.41) is 8.96. The Bertz CT molecular complexity index is 568. The van der Waals surface area contributed by atoms with E-state index in [1.165, 1.54) is 22.8 Å². The third-order valence-electron chi connectivity index (χ3n) is 3.45. The maximum absolute atomic E-state index is 12.3. The first-order valence-corrected chi connectivity index (χ1v) is 7.74. The number of hydrogen-bond donors (Lipinski definition) is 1. The maximum atomic E-state index is 12.3. The van der Waals surface area contributed by atoms with Crippen LogP contribution in [0.15, 0.2) is 29.4 Å². The van der Waals surface area contributed by atoms with E-state index >= 15 is 0 Å². The van der Waals surface area contributed by atoms with Gasteiger partial charge in [-0.15, -0.1) is 0 Å². The number of sulfonamides is 1. The molecule has 0 radical (unpaired) electrons. The van der Waals surface area contributed by atoms with E-state index in [1.807, 2.05) is 0 Å². The topological polar surface area (TPSA) is 90.8 Å². The summed E-state index contributed by atoms with van der Waals surface area (Å²) < 4.78 is 26.1. The van der Waals surface area contributed by atoms with Crippen molar-refractivity contribution in [2.24, 2.45) is 0 Å². The molecule has 0 saturated carbocycles. The Kier molecular flexibility index (Phi) is 4.36. The van der Waals surface area contributed by atoms with E-state index in [9.17, 15) is 13.2 Å². The van der Waals surface area contributed by atoms with Crippen molar-refractivity contribution in [1.82, 2.24) is 14.2 Å². The van der Waals surface area contributed by atoms with Gasteiger partial charge in [-0.25, -0.2) is 8.42 Å². The normalized spacial score (nSPS) is 19.6. The van der Waals surface area contributed by atoms with Gasteiger partial charge in [-0.05, 0) is 19.1 Å². The predicted octanol–water partition coefficient (Wildman–Crippen LogP) is -0.139. The molecule has 110 valence electrons. The quantitative estimate of drug-likeness (QED) is 0.832. The monoisotopic (exact) mass is 299 g/mol. The summed E-state index contributed by atoms with van der Waals surface area (Å²) in [6, 6.07) is 2.49. The van der Waals surface area contributed by atoms with Crippen molar-refractivity contribution in [3.05, 3.63) is 24.5 Å². The smallest absolute Gasteiger partial charge is 0.320 e. The molecule has 0 bridgehead atoms. The number of piperazine rings is 1. The fourth-order valence-corrected chi connectivity index (χ4v) is 3.52. The molecule has 1 fully saturated rings. The van der Waals surface area contributed by atoms with Crippen LogP contribution in [0.5, 0.6) is 0 Å². The highest BCUT2D eigenvalue weighted by Crippen LogP contribution is 2.17. The van der Waals surface area contributed by atoms with E-state index < -0.39 is 22.0 Å². The fraction of sp³-hybridized carbons (Fsp3) is 0.500. The molecule has 1 unspecified atom stereocenters. The summed E-state index contributed by atoms with van der Waals surface area (Å²) in [6.45, 7) is 3.00. The molecule has 1 saturated heterocycles. The lowest BCUT2D eigenvalue weighted by Gasteiger charge is -2.35. The molecule has 1 atom stereocenters. The second-order valence-corrected chi connectivity index (χ2v) is 6.58. The molecule has 0 amide bonds. The van der Waals surface area contributed by atoms with Crippen LogP contribution in [0.1, 0.15) is 6.92 Å². The first-order valence-electron chi connectivity index (χ1n) is 6.30. The molecule has 0 spiro atoms. The van der Waals surface area contributed by atoms with Crippen LogP contribution >= 0.6 is 0 Å². The van der Waals surface area contributed by atoms with Crippen molar-refractivity contribution in [2.75, 3.05) is 26.2 Å². The molecule has 0 aliphatic carbocycles. The average molecular weight is 299 g/mol. The largest absolute Gasteiger partial charge is 0.480 e. The zero-order chi connectivity index (χ0) is 14.8. The lowest BCUT2D eigenvalue weighted by Crippen LogP contribution is -2.53. The number of aliphatic carboxylic acids is 1. The van der Waals surface area contributed by atoms with Crippen molar-refractivity contribution >= 4 is 16.0 Å². The Morgan fingerprint density at radius 1 is 1.35 bits per heavy atom. The maximum Gasteiger partial charge on any atom is 0.320 e. The van der Waals surface area contributed by atoms with Gasteiger partial charge < -0.3 is 5.11 Å². The molecule has 0 aromatic carbocycles. The Labute approximate surface area is 117 Å². The molecular formula is C12H17N3O4S. The number of nitrogens with zero attached hydrogens (tertiary/aromatic N) is 3. The van der Waals surface area contributed by atoms with Crippen molar-refractivity contribution < 1.29 is 18.3 Å². The van der Waals surface area contributed by atoms with Gasteiger partial charge in [0.05, 0.1) is 0 Å². The van der Waals surface area contributed by atoms with Gasteiger partial charge in [0.2, 0.25) is 10.0 Å². The lowest BCUT2D eigenvalue weighted by molar-refractivity contribution is -0.143. The van der Waals surface area contributed by atoms with Crippen molar-refractivity contribution in [1.29, 1.82) is 0 Å². The number of rotatable bonds is 4. The molecule has 1 aromatic heterocycles. The number of carboxylic acids is 1. The molecule has 20 heavy (non-hydrogen) atoms. The Hall–Kier alpha value is -1.51. The second-order valence-electron chi connectivity index (χ2n) is 4.64. The number of hydrogen-bond acceptors (Lipinski definition) is 5.